The van der Waals surface area contributed by atoms with Crippen LogP contribution in [0.4, 0.5) is 0 Å². The molecule has 0 spiro atoms. The maximum Gasteiger partial charge on any atom is 0.359 e. The summed E-state index contributed by atoms with van der Waals surface area (Å²) in [5.41, 5.74) is 1.81. The number of carbonyl (C=O) groups is 2. The average molecular weight is 407 g/mol. The smallest absolute Gasteiger partial charge is 0.359 e. The standard InChI is InChI=1S/C20H23ClN2O5/c1-4-27-19(24)15-9-6-8-14(12-15)13-23-18(21)16(10-7-11-26-3)17(22-23)20(25)28-5-2/h6-10,12H,4-5,11,13H2,1-3H3/b10-7+. The van der Waals surface area contributed by atoms with Crippen LogP contribution in [0.1, 0.15) is 45.8 Å². The van der Waals surface area contributed by atoms with Gasteiger partial charge in [0, 0.05) is 12.7 Å². The van der Waals surface area contributed by atoms with Crippen LogP contribution < -0.4 is 0 Å². The molecule has 0 bridgehead atoms. The van der Waals surface area contributed by atoms with Crippen molar-refractivity contribution in [3.05, 3.63) is 57.9 Å². The highest BCUT2D eigenvalue weighted by Gasteiger charge is 2.21. The zero-order valence-corrected chi connectivity index (χ0v) is 16.9. The molecule has 8 heteroatoms. The van der Waals surface area contributed by atoms with Crippen LogP contribution in [0.5, 0.6) is 0 Å². The summed E-state index contributed by atoms with van der Waals surface area (Å²) in [5.74, 6) is -0.952. The molecule has 7 nitrogen and oxygen atoms in total. The first-order chi connectivity index (χ1) is 13.5. The molecule has 2 aromatic rings. The van der Waals surface area contributed by atoms with Crippen LogP contribution in [-0.4, -0.2) is 48.6 Å². The van der Waals surface area contributed by atoms with Gasteiger partial charge >= 0.3 is 11.9 Å². The Labute approximate surface area is 168 Å². The van der Waals surface area contributed by atoms with Crippen LogP contribution in [0.3, 0.4) is 0 Å². The largest absolute Gasteiger partial charge is 0.462 e. The summed E-state index contributed by atoms with van der Waals surface area (Å²) in [5, 5.41) is 4.60. The predicted molar refractivity (Wildman–Crippen MR) is 106 cm³/mol. The van der Waals surface area contributed by atoms with Gasteiger partial charge in [0.05, 0.1) is 31.9 Å². The third-order valence-corrected chi connectivity index (χ3v) is 4.11. The van der Waals surface area contributed by atoms with Gasteiger partial charge in [-0.3, -0.25) is 0 Å². The van der Waals surface area contributed by atoms with E-state index in [1.807, 2.05) is 6.07 Å². The second-order valence-corrected chi connectivity index (χ2v) is 6.07. The van der Waals surface area contributed by atoms with Crippen molar-refractivity contribution in [2.24, 2.45) is 0 Å². The van der Waals surface area contributed by atoms with E-state index in [2.05, 4.69) is 5.10 Å². The van der Waals surface area contributed by atoms with Crippen molar-refractivity contribution in [2.45, 2.75) is 20.4 Å². The highest BCUT2D eigenvalue weighted by molar-refractivity contribution is 6.31. The molecule has 0 atom stereocenters. The highest BCUT2D eigenvalue weighted by Crippen LogP contribution is 2.24. The second kappa shape index (κ2) is 10.6. The van der Waals surface area contributed by atoms with Gasteiger partial charge in [-0.1, -0.05) is 35.9 Å². The van der Waals surface area contributed by atoms with E-state index in [1.54, 1.807) is 51.3 Å². The number of aromatic nitrogens is 2. The van der Waals surface area contributed by atoms with Crippen molar-refractivity contribution in [2.75, 3.05) is 26.9 Å². The minimum atomic E-state index is -0.555. The fraction of sp³-hybridized carbons (Fsp3) is 0.350. The third kappa shape index (κ3) is 5.43. The number of rotatable bonds is 9. The summed E-state index contributed by atoms with van der Waals surface area (Å²) in [6.07, 6.45) is 3.41. The van der Waals surface area contributed by atoms with Crippen LogP contribution in [0.2, 0.25) is 5.15 Å². The van der Waals surface area contributed by atoms with E-state index < -0.39 is 11.9 Å². The van der Waals surface area contributed by atoms with Crippen LogP contribution in [-0.2, 0) is 20.8 Å². The summed E-state index contributed by atoms with van der Waals surface area (Å²) in [6, 6.07) is 6.98. The van der Waals surface area contributed by atoms with E-state index in [9.17, 15) is 9.59 Å². The Kier molecular flexibility index (Phi) is 8.22. The molecular weight excluding hydrogens is 384 g/mol. The Morgan fingerprint density at radius 1 is 1.18 bits per heavy atom. The Morgan fingerprint density at radius 2 is 1.89 bits per heavy atom. The molecule has 0 aliphatic rings. The number of esters is 2. The lowest BCUT2D eigenvalue weighted by Gasteiger charge is -2.06. The van der Waals surface area contributed by atoms with Crippen molar-refractivity contribution in [3.63, 3.8) is 0 Å². The normalized spacial score (nSPS) is 11.0. The fourth-order valence-corrected chi connectivity index (χ4v) is 2.75. The molecule has 0 saturated heterocycles. The van der Waals surface area contributed by atoms with Crippen molar-refractivity contribution in [1.82, 2.24) is 9.78 Å². The molecule has 0 saturated carbocycles. The molecule has 0 amide bonds. The monoisotopic (exact) mass is 406 g/mol. The van der Waals surface area contributed by atoms with Crippen LogP contribution in [0, 0.1) is 0 Å². The number of hydrogen-bond acceptors (Lipinski definition) is 6. The first kappa shape index (κ1) is 21.7. The van der Waals surface area contributed by atoms with E-state index in [0.717, 1.165) is 5.56 Å². The Balaban J connectivity index is 2.35. The molecule has 0 fully saturated rings. The van der Waals surface area contributed by atoms with E-state index >= 15 is 0 Å². The van der Waals surface area contributed by atoms with Crippen molar-refractivity contribution in [3.8, 4) is 0 Å². The summed E-state index contributed by atoms with van der Waals surface area (Å²) in [4.78, 5) is 24.2. The number of carbonyl (C=O) groups excluding carboxylic acids is 2. The average Bonchev–Trinajstić information content (AvgIpc) is 2.99. The molecule has 2 rings (SSSR count). The molecule has 1 aromatic heterocycles. The van der Waals surface area contributed by atoms with Crippen molar-refractivity contribution < 1.29 is 23.8 Å². The van der Waals surface area contributed by atoms with Crippen LogP contribution >= 0.6 is 11.6 Å². The van der Waals surface area contributed by atoms with Gasteiger partial charge in [0.25, 0.3) is 0 Å². The van der Waals surface area contributed by atoms with Crippen molar-refractivity contribution >= 4 is 29.6 Å². The first-order valence-electron chi connectivity index (χ1n) is 8.86. The van der Waals surface area contributed by atoms with Gasteiger partial charge in [0.2, 0.25) is 0 Å². The summed E-state index contributed by atoms with van der Waals surface area (Å²) >= 11 is 6.46. The SMILES string of the molecule is CCOC(=O)c1cccc(Cn2nc(C(=O)OCC)c(/C=C/COC)c2Cl)c1. The van der Waals surface area contributed by atoms with Gasteiger partial charge < -0.3 is 14.2 Å². The Morgan fingerprint density at radius 3 is 2.57 bits per heavy atom. The zero-order valence-electron chi connectivity index (χ0n) is 16.1. The van der Waals surface area contributed by atoms with E-state index in [1.165, 1.54) is 4.68 Å². The van der Waals surface area contributed by atoms with Gasteiger partial charge in [-0.25, -0.2) is 14.3 Å². The quantitative estimate of drug-likeness (QED) is 0.592. The lowest BCUT2D eigenvalue weighted by molar-refractivity contribution is 0.0512. The van der Waals surface area contributed by atoms with E-state index in [-0.39, 0.29) is 24.0 Å². The van der Waals surface area contributed by atoms with Gasteiger partial charge in [0.1, 0.15) is 5.15 Å². The second-order valence-electron chi connectivity index (χ2n) is 5.71. The number of halogens is 1. The van der Waals surface area contributed by atoms with Gasteiger partial charge in [-0.15, -0.1) is 0 Å². The molecule has 0 radical (unpaired) electrons. The number of hydrogen-bond donors (Lipinski definition) is 0. The van der Waals surface area contributed by atoms with Gasteiger partial charge in [-0.2, -0.15) is 5.10 Å². The molecule has 28 heavy (non-hydrogen) atoms. The topological polar surface area (TPSA) is 79.7 Å². The molecule has 150 valence electrons. The minimum Gasteiger partial charge on any atom is -0.462 e. The van der Waals surface area contributed by atoms with Crippen molar-refractivity contribution in [1.29, 1.82) is 0 Å². The predicted octanol–water partition coefficient (Wildman–Crippen LogP) is 3.60. The highest BCUT2D eigenvalue weighted by atomic mass is 35.5. The maximum absolute atomic E-state index is 12.2. The summed E-state index contributed by atoms with van der Waals surface area (Å²) in [6.45, 7) is 4.64. The Bertz CT molecular complexity index is 860. The molecule has 0 N–H and O–H groups in total. The lowest BCUT2D eigenvalue weighted by Crippen LogP contribution is -2.09. The zero-order chi connectivity index (χ0) is 20.5. The molecular formula is C20H23ClN2O5. The summed E-state index contributed by atoms with van der Waals surface area (Å²) in [7, 11) is 1.57. The molecule has 1 heterocycles. The molecule has 0 aliphatic heterocycles. The van der Waals surface area contributed by atoms with Gasteiger partial charge in [0.15, 0.2) is 5.69 Å². The lowest BCUT2D eigenvalue weighted by atomic mass is 10.1. The number of benzene rings is 1. The minimum absolute atomic E-state index is 0.126. The molecule has 1 aromatic carbocycles. The van der Waals surface area contributed by atoms with E-state index in [4.69, 9.17) is 25.8 Å². The van der Waals surface area contributed by atoms with Crippen LogP contribution in [0.25, 0.3) is 6.08 Å². The third-order valence-electron chi connectivity index (χ3n) is 3.71. The van der Waals surface area contributed by atoms with Crippen LogP contribution in [0.15, 0.2) is 30.3 Å². The van der Waals surface area contributed by atoms with E-state index in [0.29, 0.717) is 24.3 Å². The summed E-state index contributed by atoms with van der Waals surface area (Å²) < 4.78 is 16.6. The number of methoxy groups -OCH3 is 1. The maximum atomic E-state index is 12.2. The fourth-order valence-electron chi connectivity index (χ4n) is 2.50. The van der Waals surface area contributed by atoms with Gasteiger partial charge in [-0.05, 0) is 31.5 Å². The molecule has 0 aliphatic carbocycles. The molecule has 0 unspecified atom stereocenters. The Hall–Kier alpha value is -2.64. The number of nitrogens with zero attached hydrogens (tertiary/aromatic N) is 2. The number of ether oxygens (including phenoxy) is 3. The first-order valence-corrected chi connectivity index (χ1v) is 9.24.